The molecule has 0 aliphatic carbocycles. The number of nitrogens with one attached hydrogen (secondary N) is 1. The molecule has 7 heteroatoms. The second-order valence-electron chi connectivity index (χ2n) is 4.77. The van der Waals surface area contributed by atoms with Crippen LogP contribution < -0.4 is 5.32 Å². The van der Waals surface area contributed by atoms with Gasteiger partial charge < -0.3 is 10.2 Å². The lowest BCUT2D eigenvalue weighted by atomic mass is 10.1. The quantitative estimate of drug-likeness (QED) is 0.737. The van der Waals surface area contributed by atoms with Crippen LogP contribution in [0.2, 0.25) is 0 Å². The van der Waals surface area contributed by atoms with Crippen molar-refractivity contribution in [1.82, 2.24) is 10.2 Å². The number of hydrogen-bond donors (Lipinski definition) is 1. The van der Waals surface area contributed by atoms with Crippen LogP contribution in [-0.4, -0.2) is 56.9 Å². The molecule has 1 aliphatic rings. The second kappa shape index (κ2) is 6.16. The SMILES string of the molecule is CC(C#N)CN(C)C(=O)CC1CS(=O)(=O)CCN1. The van der Waals surface area contributed by atoms with Gasteiger partial charge in [0.25, 0.3) is 0 Å². The van der Waals surface area contributed by atoms with Crippen LogP contribution in [0.5, 0.6) is 0 Å². The predicted octanol–water partition coefficient (Wildman–Crippen LogP) is -0.619. The van der Waals surface area contributed by atoms with Crippen molar-refractivity contribution in [3.63, 3.8) is 0 Å². The van der Waals surface area contributed by atoms with E-state index >= 15 is 0 Å². The minimum absolute atomic E-state index is 0.0143. The van der Waals surface area contributed by atoms with E-state index in [-0.39, 0.29) is 35.8 Å². The standard InChI is InChI=1S/C11H19N3O3S/c1-9(6-12)7-14(2)11(15)5-10-8-18(16,17)4-3-13-10/h9-10,13H,3-5,7-8H2,1-2H3. The number of carbonyl (C=O) groups excluding carboxylic acids is 1. The Hall–Kier alpha value is -1.13. The number of amides is 1. The molecular weight excluding hydrogens is 254 g/mol. The molecule has 2 atom stereocenters. The fraction of sp³-hybridized carbons (Fsp3) is 0.818. The van der Waals surface area contributed by atoms with Gasteiger partial charge in [-0.15, -0.1) is 0 Å². The van der Waals surface area contributed by atoms with Gasteiger partial charge in [-0.25, -0.2) is 8.42 Å². The summed E-state index contributed by atoms with van der Waals surface area (Å²) in [6.07, 6.45) is 0.161. The minimum Gasteiger partial charge on any atom is -0.344 e. The zero-order valence-corrected chi connectivity index (χ0v) is 11.5. The van der Waals surface area contributed by atoms with Gasteiger partial charge in [-0.2, -0.15) is 5.26 Å². The Balaban J connectivity index is 2.47. The summed E-state index contributed by atoms with van der Waals surface area (Å²) in [4.78, 5) is 13.3. The molecule has 1 heterocycles. The van der Waals surface area contributed by atoms with Crippen LogP contribution >= 0.6 is 0 Å². The average Bonchev–Trinajstić information content (AvgIpc) is 2.27. The highest BCUT2D eigenvalue weighted by atomic mass is 32.2. The van der Waals surface area contributed by atoms with Gasteiger partial charge in [-0.3, -0.25) is 4.79 Å². The van der Waals surface area contributed by atoms with Gasteiger partial charge in [0.1, 0.15) is 0 Å². The van der Waals surface area contributed by atoms with Crippen LogP contribution in [0.25, 0.3) is 0 Å². The minimum atomic E-state index is -3.02. The summed E-state index contributed by atoms with van der Waals surface area (Å²) in [6.45, 7) is 2.51. The lowest BCUT2D eigenvalue weighted by Crippen LogP contribution is -2.47. The molecule has 0 aromatic rings. The van der Waals surface area contributed by atoms with Crippen LogP contribution in [0.1, 0.15) is 13.3 Å². The van der Waals surface area contributed by atoms with E-state index in [2.05, 4.69) is 11.4 Å². The third-order valence-corrected chi connectivity index (χ3v) is 4.65. The molecule has 1 saturated heterocycles. The molecule has 0 bridgehead atoms. The summed E-state index contributed by atoms with van der Waals surface area (Å²) in [5.74, 6) is -0.201. The topological polar surface area (TPSA) is 90.3 Å². The van der Waals surface area contributed by atoms with Crippen LogP contribution in [0, 0.1) is 17.2 Å². The molecule has 1 amide bonds. The van der Waals surface area contributed by atoms with Gasteiger partial charge in [-0.1, -0.05) is 0 Å². The molecule has 0 aromatic carbocycles. The lowest BCUT2D eigenvalue weighted by Gasteiger charge is -2.26. The highest BCUT2D eigenvalue weighted by Crippen LogP contribution is 2.07. The maximum atomic E-state index is 11.9. The van der Waals surface area contributed by atoms with Crippen molar-refractivity contribution in [2.45, 2.75) is 19.4 Å². The largest absolute Gasteiger partial charge is 0.344 e. The number of sulfone groups is 1. The highest BCUT2D eigenvalue weighted by Gasteiger charge is 2.27. The Morgan fingerprint density at radius 1 is 1.61 bits per heavy atom. The fourth-order valence-electron chi connectivity index (χ4n) is 1.92. The Bertz CT molecular complexity index is 441. The van der Waals surface area contributed by atoms with Crippen molar-refractivity contribution in [1.29, 1.82) is 5.26 Å². The van der Waals surface area contributed by atoms with E-state index in [1.165, 1.54) is 4.90 Å². The van der Waals surface area contributed by atoms with E-state index in [1.54, 1.807) is 14.0 Å². The maximum absolute atomic E-state index is 11.9. The van der Waals surface area contributed by atoms with Crippen molar-refractivity contribution in [2.75, 3.05) is 31.6 Å². The third kappa shape index (κ3) is 4.63. The molecule has 1 fully saturated rings. The van der Waals surface area contributed by atoms with Crippen molar-refractivity contribution in [3.05, 3.63) is 0 Å². The first-order valence-corrected chi connectivity index (χ1v) is 7.73. The zero-order valence-electron chi connectivity index (χ0n) is 10.7. The first-order valence-electron chi connectivity index (χ1n) is 5.91. The summed E-state index contributed by atoms with van der Waals surface area (Å²) in [7, 11) is -1.38. The summed E-state index contributed by atoms with van der Waals surface area (Å²) in [5, 5.41) is 11.7. The third-order valence-electron chi connectivity index (χ3n) is 2.92. The van der Waals surface area contributed by atoms with Gasteiger partial charge in [0.15, 0.2) is 9.84 Å². The van der Waals surface area contributed by atoms with Crippen molar-refractivity contribution < 1.29 is 13.2 Å². The number of nitriles is 1. The molecule has 1 N–H and O–H groups in total. The van der Waals surface area contributed by atoms with Crippen molar-refractivity contribution in [3.8, 4) is 6.07 Å². The summed E-state index contributed by atoms with van der Waals surface area (Å²) in [6, 6.07) is 1.75. The first-order chi connectivity index (χ1) is 8.34. The van der Waals surface area contributed by atoms with Crippen LogP contribution in [-0.2, 0) is 14.6 Å². The van der Waals surface area contributed by atoms with Gasteiger partial charge in [0, 0.05) is 32.6 Å². The molecule has 0 radical (unpaired) electrons. The Kier molecular flexibility index (Phi) is 5.11. The van der Waals surface area contributed by atoms with Gasteiger partial charge >= 0.3 is 0 Å². The van der Waals surface area contributed by atoms with Crippen LogP contribution in [0.4, 0.5) is 0 Å². The van der Waals surface area contributed by atoms with Crippen LogP contribution in [0.3, 0.4) is 0 Å². The number of hydrogen-bond acceptors (Lipinski definition) is 5. The molecule has 6 nitrogen and oxygen atoms in total. The normalized spacial score (nSPS) is 23.9. The van der Waals surface area contributed by atoms with Gasteiger partial charge in [0.05, 0.1) is 23.5 Å². The van der Waals surface area contributed by atoms with E-state index in [9.17, 15) is 13.2 Å². The molecule has 1 rings (SSSR count). The number of rotatable bonds is 4. The summed E-state index contributed by atoms with van der Waals surface area (Å²) >= 11 is 0. The highest BCUT2D eigenvalue weighted by molar-refractivity contribution is 7.91. The second-order valence-corrected chi connectivity index (χ2v) is 7.00. The molecule has 0 aromatic heterocycles. The monoisotopic (exact) mass is 273 g/mol. The molecule has 102 valence electrons. The first kappa shape index (κ1) is 14.9. The van der Waals surface area contributed by atoms with Crippen molar-refractivity contribution >= 4 is 15.7 Å². The molecular formula is C11H19N3O3S. The predicted molar refractivity (Wildman–Crippen MR) is 67.5 cm³/mol. The van der Waals surface area contributed by atoms with Crippen LogP contribution in [0.15, 0.2) is 0 Å². The molecule has 1 aliphatic heterocycles. The summed E-state index contributed by atoms with van der Waals surface area (Å²) < 4.78 is 22.9. The van der Waals surface area contributed by atoms with E-state index in [1.807, 2.05) is 0 Å². The zero-order chi connectivity index (χ0) is 13.8. The van der Waals surface area contributed by atoms with E-state index in [0.29, 0.717) is 13.1 Å². The van der Waals surface area contributed by atoms with E-state index in [0.717, 1.165) is 0 Å². The van der Waals surface area contributed by atoms with E-state index < -0.39 is 9.84 Å². The van der Waals surface area contributed by atoms with E-state index in [4.69, 9.17) is 5.26 Å². The smallest absolute Gasteiger partial charge is 0.223 e. The average molecular weight is 273 g/mol. The fourth-order valence-corrected chi connectivity index (χ4v) is 3.36. The Morgan fingerprint density at radius 3 is 2.83 bits per heavy atom. The molecule has 2 unspecified atom stereocenters. The maximum Gasteiger partial charge on any atom is 0.223 e. The molecule has 0 saturated carbocycles. The molecule has 18 heavy (non-hydrogen) atoms. The Labute approximate surface area is 108 Å². The number of nitrogens with zero attached hydrogens (tertiary/aromatic N) is 2. The Morgan fingerprint density at radius 2 is 2.28 bits per heavy atom. The molecule has 0 spiro atoms. The number of carbonyl (C=O) groups is 1. The van der Waals surface area contributed by atoms with Gasteiger partial charge in [-0.05, 0) is 6.92 Å². The lowest BCUT2D eigenvalue weighted by molar-refractivity contribution is -0.130. The summed E-state index contributed by atoms with van der Waals surface area (Å²) in [5.41, 5.74) is 0. The van der Waals surface area contributed by atoms with Gasteiger partial charge in [0.2, 0.25) is 5.91 Å². The van der Waals surface area contributed by atoms with Crippen molar-refractivity contribution in [2.24, 2.45) is 5.92 Å².